The number of amides is 4. The molecule has 4 amide bonds. The van der Waals surface area contributed by atoms with Crippen molar-refractivity contribution >= 4 is 29.2 Å². The second-order valence-electron chi connectivity index (χ2n) is 6.94. The highest BCUT2D eigenvalue weighted by Crippen LogP contribution is 2.14. The second kappa shape index (κ2) is 10.5. The number of carbonyl (C=O) groups excluding carboxylic acids is 3. The maximum atomic E-state index is 13.2. The highest BCUT2D eigenvalue weighted by atomic mass is 19.1. The third-order valence-corrected chi connectivity index (χ3v) is 4.48. The molecule has 3 rings (SSSR count). The van der Waals surface area contributed by atoms with Gasteiger partial charge < -0.3 is 26.0 Å². The number of benzene rings is 2. The van der Waals surface area contributed by atoms with Crippen LogP contribution >= 0.6 is 0 Å². The third kappa shape index (κ3) is 7.03. The summed E-state index contributed by atoms with van der Waals surface area (Å²) in [7, 11) is 0. The number of hydrogen-bond acceptors (Lipinski definition) is 4. The molecule has 0 bridgehead atoms. The van der Waals surface area contributed by atoms with Crippen LogP contribution in [0, 0.1) is 11.6 Å². The summed E-state index contributed by atoms with van der Waals surface area (Å²) in [5.41, 5.74) is 0.754. The van der Waals surface area contributed by atoms with Gasteiger partial charge in [0, 0.05) is 36.2 Å². The van der Waals surface area contributed by atoms with Gasteiger partial charge in [-0.05, 0) is 49.2 Å². The van der Waals surface area contributed by atoms with Crippen molar-refractivity contribution in [2.24, 2.45) is 0 Å². The van der Waals surface area contributed by atoms with Gasteiger partial charge in [-0.25, -0.2) is 13.6 Å². The molecule has 0 radical (unpaired) electrons. The van der Waals surface area contributed by atoms with Crippen molar-refractivity contribution in [3.63, 3.8) is 0 Å². The number of carbonyl (C=O) groups is 3. The fraction of sp³-hybridized carbons (Fsp3) is 0.286. The molecule has 8 nitrogen and oxygen atoms in total. The third-order valence-electron chi connectivity index (χ3n) is 4.48. The van der Waals surface area contributed by atoms with E-state index in [1.807, 2.05) is 0 Å². The predicted octanol–water partition coefficient (Wildman–Crippen LogP) is 2.63. The van der Waals surface area contributed by atoms with Crippen molar-refractivity contribution in [2.75, 3.05) is 30.3 Å². The number of hydrogen-bond donors (Lipinski definition) is 4. The summed E-state index contributed by atoms with van der Waals surface area (Å²) in [4.78, 5) is 35.8. The van der Waals surface area contributed by atoms with E-state index in [0.29, 0.717) is 30.6 Å². The van der Waals surface area contributed by atoms with Crippen molar-refractivity contribution in [3.8, 4) is 0 Å². The average molecular weight is 432 g/mol. The topological polar surface area (TPSA) is 109 Å². The van der Waals surface area contributed by atoms with Gasteiger partial charge in [-0.1, -0.05) is 0 Å². The summed E-state index contributed by atoms with van der Waals surface area (Å²) < 4.78 is 31.8. The highest BCUT2D eigenvalue weighted by Gasteiger charge is 2.16. The first kappa shape index (κ1) is 22.2. The maximum absolute atomic E-state index is 13.2. The van der Waals surface area contributed by atoms with Crippen molar-refractivity contribution in [1.29, 1.82) is 0 Å². The first-order valence-corrected chi connectivity index (χ1v) is 9.70. The van der Waals surface area contributed by atoms with Crippen LogP contribution in [-0.2, 0) is 9.53 Å². The molecule has 0 spiro atoms. The van der Waals surface area contributed by atoms with Crippen LogP contribution < -0.4 is 21.3 Å². The van der Waals surface area contributed by atoms with Crippen LogP contribution in [0.2, 0.25) is 0 Å². The van der Waals surface area contributed by atoms with E-state index in [4.69, 9.17) is 4.74 Å². The van der Waals surface area contributed by atoms with Crippen LogP contribution in [0.4, 0.5) is 25.0 Å². The van der Waals surface area contributed by atoms with Crippen molar-refractivity contribution < 1.29 is 27.9 Å². The predicted molar refractivity (Wildman–Crippen MR) is 110 cm³/mol. The molecule has 4 N–H and O–H groups in total. The van der Waals surface area contributed by atoms with E-state index in [-0.39, 0.29) is 24.2 Å². The number of urea groups is 1. The van der Waals surface area contributed by atoms with Crippen molar-refractivity contribution in [1.82, 2.24) is 10.6 Å². The molecular formula is C21H22F2N4O4. The van der Waals surface area contributed by atoms with Crippen molar-refractivity contribution in [2.45, 2.75) is 18.9 Å². The molecular weight excluding hydrogens is 410 g/mol. The molecule has 1 aliphatic rings. The standard InChI is InChI=1S/C21H22F2N4O4/c22-14-8-13(9-15(23)10-14)20(29)24-12-19(28)26-16-3-5-17(6-4-16)27-21(30)25-11-18-2-1-7-31-18/h3-6,8-10,18H,1-2,7,11-12H2,(H,24,29)(H,26,28)(H2,25,27,30). The Balaban J connectivity index is 1.41. The largest absolute Gasteiger partial charge is 0.376 e. The summed E-state index contributed by atoms with van der Waals surface area (Å²) in [6, 6.07) is 8.41. The van der Waals surface area contributed by atoms with E-state index in [1.165, 1.54) is 0 Å². The second-order valence-corrected chi connectivity index (χ2v) is 6.94. The Morgan fingerprint density at radius 3 is 2.19 bits per heavy atom. The van der Waals surface area contributed by atoms with Gasteiger partial charge in [-0.15, -0.1) is 0 Å². The summed E-state index contributed by atoms with van der Waals surface area (Å²) in [5.74, 6) is -3.07. The number of anilines is 2. The molecule has 0 saturated carbocycles. The van der Waals surface area contributed by atoms with Crippen LogP contribution in [-0.4, -0.2) is 43.6 Å². The average Bonchev–Trinajstić information content (AvgIpc) is 3.25. The lowest BCUT2D eigenvalue weighted by Crippen LogP contribution is -2.35. The zero-order chi connectivity index (χ0) is 22.2. The van der Waals surface area contributed by atoms with E-state index < -0.39 is 23.4 Å². The maximum Gasteiger partial charge on any atom is 0.319 e. The van der Waals surface area contributed by atoms with Crippen LogP contribution in [0.25, 0.3) is 0 Å². The van der Waals surface area contributed by atoms with Crippen LogP contribution in [0.15, 0.2) is 42.5 Å². The minimum atomic E-state index is -0.885. The van der Waals surface area contributed by atoms with Gasteiger partial charge in [-0.3, -0.25) is 9.59 Å². The summed E-state index contributed by atoms with van der Waals surface area (Å²) in [6.45, 7) is 0.769. The number of rotatable bonds is 7. The van der Waals surface area contributed by atoms with Crippen LogP contribution in [0.5, 0.6) is 0 Å². The lowest BCUT2D eigenvalue weighted by molar-refractivity contribution is -0.115. The van der Waals surface area contributed by atoms with Gasteiger partial charge in [-0.2, -0.15) is 0 Å². The quantitative estimate of drug-likeness (QED) is 0.539. The van der Waals surface area contributed by atoms with Crippen LogP contribution in [0.3, 0.4) is 0 Å². The zero-order valence-corrected chi connectivity index (χ0v) is 16.5. The monoisotopic (exact) mass is 432 g/mol. The molecule has 1 heterocycles. The van der Waals surface area contributed by atoms with Gasteiger partial charge in [0.15, 0.2) is 0 Å². The summed E-state index contributed by atoms with van der Waals surface area (Å²) in [6.07, 6.45) is 1.96. The molecule has 2 aromatic carbocycles. The SMILES string of the molecule is O=C(CNC(=O)c1cc(F)cc(F)c1)Nc1ccc(NC(=O)NCC2CCCO2)cc1. The van der Waals surface area contributed by atoms with Gasteiger partial charge >= 0.3 is 6.03 Å². The van der Waals surface area contributed by atoms with E-state index >= 15 is 0 Å². The first-order valence-electron chi connectivity index (χ1n) is 9.70. The van der Waals surface area contributed by atoms with E-state index in [1.54, 1.807) is 24.3 Å². The van der Waals surface area contributed by atoms with Gasteiger partial charge in [0.2, 0.25) is 5.91 Å². The van der Waals surface area contributed by atoms with E-state index in [9.17, 15) is 23.2 Å². The fourth-order valence-corrected chi connectivity index (χ4v) is 2.98. The van der Waals surface area contributed by atoms with Gasteiger partial charge in [0.05, 0.1) is 12.6 Å². The Morgan fingerprint density at radius 1 is 0.935 bits per heavy atom. The van der Waals surface area contributed by atoms with Gasteiger partial charge in [0.1, 0.15) is 11.6 Å². The first-order chi connectivity index (χ1) is 14.9. The Morgan fingerprint density at radius 2 is 1.58 bits per heavy atom. The molecule has 1 atom stereocenters. The summed E-state index contributed by atoms with van der Waals surface area (Å²) >= 11 is 0. The van der Waals surface area contributed by atoms with Gasteiger partial charge in [0.25, 0.3) is 5.91 Å². The van der Waals surface area contributed by atoms with E-state index in [0.717, 1.165) is 25.0 Å². The summed E-state index contributed by atoms with van der Waals surface area (Å²) in [5, 5.41) is 10.3. The number of ether oxygens (including phenoxy) is 1. The highest BCUT2D eigenvalue weighted by molar-refractivity contribution is 5.99. The lowest BCUT2D eigenvalue weighted by Gasteiger charge is -2.12. The molecule has 31 heavy (non-hydrogen) atoms. The van der Waals surface area contributed by atoms with E-state index in [2.05, 4.69) is 21.3 Å². The van der Waals surface area contributed by atoms with Crippen LogP contribution in [0.1, 0.15) is 23.2 Å². The molecule has 164 valence electrons. The lowest BCUT2D eigenvalue weighted by atomic mass is 10.2. The normalized spacial score (nSPS) is 15.2. The Hall–Kier alpha value is -3.53. The molecule has 0 aromatic heterocycles. The minimum Gasteiger partial charge on any atom is -0.376 e. The number of nitrogens with one attached hydrogen (secondary N) is 4. The van der Waals surface area contributed by atoms with Crippen molar-refractivity contribution in [3.05, 3.63) is 59.7 Å². The Labute approximate surface area is 177 Å². The Kier molecular flexibility index (Phi) is 7.50. The Bertz CT molecular complexity index is 927. The molecule has 0 aliphatic carbocycles. The molecule has 10 heteroatoms. The molecule has 1 unspecified atom stereocenters. The molecule has 1 saturated heterocycles. The number of halogens is 2. The molecule has 1 fully saturated rings. The smallest absolute Gasteiger partial charge is 0.319 e. The zero-order valence-electron chi connectivity index (χ0n) is 16.5. The molecule has 1 aliphatic heterocycles. The minimum absolute atomic E-state index is 0.0452. The molecule has 2 aromatic rings. The fourth-order valence-electron chi connectivity index (χ4n) is 2.98.